The van der Waals surface area contributed by atoms with Crippen molar-refractivity contribution < 1.29 is 0 Å². The Morgan fingerprint density at radius 2 is 1.38 bits per heavy atom. The highest BCUT2D eigenvalue weighted by molar-refractivity contribution is 5.45. The summed E-state index contributed by atoms with van der Waals surface area (Å²) >= 11 is 0. The molecule has 0 aliphatic heterocycles. The Morgan fingerprint density at radius 3 is 1.81 bits per heavy atom. The second-order valence-electron chi connectivity index (χ2n) is 6.58. The molecule has 0 aromatic heterocycles. The minimum absolute atomic E-state index is 0.112. The molecule has 3 rings (SSSR count). The summed E-state index contributed by atoms with van der Waals surface area (Å²) in [6.07, 6.45) is 2.76. The van der Waals surface area contributed by atoms with Crippen molar-refractivity contribution >= 4 is 0 Å². The van der Waals surface area contributed by atoms with Crippen LogP contribution in [0.1, 0.15) is 42.0 Å². The third-order valence-corrected chi connectivity index (χ3v) is 4.81. The lowest BCUT2D eigenvalue weighted by atomic mass is 9.80. The Kier molecular flexibility index (Phi) is 3.86. The van der Waals surface area contributed by atoms with E-state index in [2.05, 4.69) is 74.6 Å². The van der Waals surface area contributed by atoms with Crippen LogP contribution in [0.3, 0.4) is 0 Å². The molecule has 1 fully saturated rings. The van der Waals surface area contributed by atoms with Gasteiger partial charge in [0.1, 0.15) is 0 Å². The lowest BCUT2D eigenvalue weighted by Gasteiger charge is -2.35. The van der Waals surface area contributed by atoms with Gasteiger partial charge in [-0.1, -0.05) is 48.5 Å². The third kappa shape index (κ3) is 2.89. The van der Waals surface area contributed by atoms with E-state index in [1.54, 1.807) is 0 Å². The highest BCUT2D eigenvalue weighted by Gasteiger charge is 2.33. The summed E-state index contributed by atoms with van der Waals surface area (Å²) in [7, 11) is 0. The van der Waals surface area contributed by atoms with Gasteiger partial charge in [0, 0.05) is 0 Å². The van der Waals surface area contributed by atoms with Crippen LogP contribution in [0.15, 0.2) is 48.5 Å². The smallest absolute Gasteiger partial charge is 0.0667 e. The maximum absolute atomic E-state index is 3.87. The first-order valence-electron chi connectivity index (χ1n) is 7.98. The fraction of sp³-hybridized carbons (Fsp3) is 0.400. The van der Waals surface area contributed by atoms with E-state index >= 15 is 0 Å². The fourth-order valence-electron chi connectivity index (χ4n) is 3.27. The molecule has 0 amide bonds. The van der Waals surface area contributed by atoms with E-state index in [9.17, 15) is 0 Å². The molecule has 2 aromatic rings. The van der Waals surface area contributed by atoms with E-state index < -0.39 is 0 Å². The number of hydrogen-bond acceptors (Lipinski definition) is 1. The highest BCUT2D eigenvalue weighted by atomic mass is 15.0. The lowest BCUT2D eigenvalue weighted by Crippen LogP contribution is -2.42. The normalized spacial score (nSPS) is 15.2. The Bertz CT molecular complexity index is 580. The Labute approximate surface area is 128 Å². The standard InChI is InChI=1S/C20H25N/c1-15-8-4-6-10-18(15)20(3,21-14-17-12-13-17)19-11-7-5-9-16(19)2/h4-11,17,21H,12-14H2,1-3H3. The van der Waals surface area contributed by atoms with Crippen LogP contribution in [-0.2, 0) is 5.54 Å². The number of aryl methyl sites for hydroxylation is 2. The maximum Gasteiger partial charge on any atom is 0.0667 e. The Balaban J connectivity index is 2.05. The first kappa shape index (κ1) is 14.3. The maximum atomic E-state index is 3.87. The van der Waals surface area contributed by atoms with E-state index in [0.717, 1.165) is 12.5 Å². The third-order valence-electron chi connectivity index (χ3n) is 4.81. The van der Waals surface area contributed by atoms with Crippen molar-refractivity contribution in [2.75, 3.05) is 6.54 Å². The van der Waals surface area contributed by atoms with Gasteiger partial charge in [-0.2, -0.15) is 0 Å². The summed E-state index contributed by atoms with van der Waals surface area (Å²) < 4.78 is 0. The first-order valence-corrected chi connectivity index (χ1v) is 7.98. The SMILES string of the molecule is Cc1ccccc1C(C)(NCC1CC1)c1ccccc1C. The molecular formula is C20H25N. The topological polar surface area (TPSA) is 12.0 Å². The number of rotatable bonds is 5. The first-order chi connectivity index (χ1) is 10.1. The van der Waals surface area contributed by atoms with Crippen LogP contribution in [-0.4, -0.2) is 6.54 Å². The van der Waals surface area contributed by atoms with Gasteiger partial charge in [0.05, 0.1) is 5.54 Å². The molecule has 0 spiro atoms. The zero-order valence-electron chi connectivity index (χ0n) is 13.3. The molecule has 2 aromatic carbocycles. The summed E-state index contributed by atoms with van der Waals surface area (Å²) in [5.41, 5.74) is 5.37. The predicted molar refractivity (Wildman–Crippen MR) is 89.5 cm³/mol. The molecule has 0 bridgehead atoms. The van der Waals surface area contributed by atoms with E-state index in [0.29, 0.717) is 0 Å². The van der Waals surface area contributed by atoms with Gasteiger partial charge < -0.3 is 5.32 Å². The minimum Gasteiger partial charge on any atom is -0.304 e. The molecule has 0 atom stereocenters. The van der Waals surface area contributed by atoms with E-state index in [1.807, 2.05) is 0 Å². The van der Waals surface area contributed by atoms with Crippen LogP contribution < -0.4 is 5.32 Å². The quantitative estimate of drug-likeness (QED) is 0.845. The van der Waals surface area contributed by atoms with Crippen molar-refractivity contribution in [1.82, 2.24) is 5.32 Å². The minimum atomic E-state index is -0.112. The van der Waals surface area contributed by atoms with Crippen molar-refractivity contribution in [2.24, 2.45) is 5.92 Å². The largest absolute Gasteiger partial charge is 0.304 e. The number of benzene rings is 2. The summed E-state index contributed by atoms with van der Waals surface area (Å²) in [6, 6.07) is 17.5. The molecule has 21 heavy (non-hydrogen) atoms. The molecule has 1 saturated carbocycles. The van der Waals surface area contributed by atoms with Crippen LogP contribution in [0.4, 0.5) is 0 Å². The molecule has 1 heteroatoms. The van der Waals surface area contributed by atoms with Crippen LogP contribution in [0, 0.1) is 19.8 Å². The van der Waals surface area contributed by atoms with E-state index in [4.69, 9.17) is 0 Å². The summed E-state index contributed by atoms with van der Waals surface area (Å²) in [5.74, 6) is 0.873. The summed E-state index contributed by atoms with van der Waals surface area (Å²) in [5, 5.41) is 3.87. The van der Waals surface area contributed by atoms with Crippen LogP contribution in [0.5, 0.6) is 0 Å². The van der Waals surface area contributed by atoms with Gasteiger partial charge in [0.15, 0.2) is 0 Å². The van der Waals surface area contributed by atoms with Crippen molar-refractivity contribution in [3.63, 3.8) is 0 Å². The van der Waals surface area contributed by atoms with E-state index in [1.165, 1.54) is 35.1 Å². The zero-order chi connectivity index (χ0) is 14.9. The van der Waals surface area contributed by atoms with Crippen LogP contribution in [0.25, 0.3) is 0 Å². The molecule has 0 saturated heterocycles. The van der Waals surface area contributed by atoms with E-state index in [-0.39, 0.29) is 5.54 Å². The molecule has 1 nitrogen and oxygen atoms in total. The summed E-state index contributed by atoms with van der Waals surface area (Å²) in [6.45, 7) is 7.87. The van der Waals surface area contributed by atoms with Gasteiger partial charge in [-0.05, 0) is 68.3 Å². The molecule has 1 aliphatic carbocycles. The van der Waals surface area contributed by atoms with Crippen molar-refractivity contribution in [2.45, 2.75) is 39.2 Å². The van der Waals surface area contributed by atoms with Crippen LogP contribution in [0.2, 0.25) is 0 Å². The van der Waals surface area contributed by atoms with Crippen molar-refractivity contribution in [3.05, 3.63) is 70.8 Å². The molecule has 1 aliphatic rings. The Hall–Kier alpha value is -1.60. The molecule has 0 heterocycles. The van der Waals surface area contributed by atoms with Gasteiger partial charge in [-0.25, -0.2) is 0 Å². The average molecular weight is 279 g/mol. The lowest BCUT2D eigenvalue weighted by molar-refractivity contribution is 0.423. The second kappa shape index (κ2) is 5.65. The molecular weight excluding hydrogens is 254 g/mol. The highest BCUT2D eigenvalue weighted by Crippen LogP contribution is 2.35. The van der Waals surface area contributed by atoms with Crippen molar-refractivity contribution in [1.29, 1.82) is 0 Å². The van der Waals surface area contributed by atoms with Gasteiger partial charge in [0.2, 0.25) is 0 Å². The average Bonchev–Trinajstić information content (AvgIpc) is 3.30. The van der Waals surface area contributed by atoms with Gasteiger partial charge >= 0.3 is 0 Å². The van der Waals surface area contributed by atoms with Gasteiger partial charge in [0.25, 0.3) is 0 Å². The van der Waals surface area contributed by atoms with Crippen LogP contribution >= 0.6 is 0 Å². The zero-order valence-corrected chi connectivity index (χ0v) is 13.3. The Morgan fingerprint density at radius 1 is 0.905 bits per heavy atom. The number of nitrogens with one attached hydrogen (secondary N) is 1. The molecule has 1 N–H and O–H groups in total. The molecule has 0 unspecified atom stereocenters. The number of hydrogen-bond donors (Lipinski definition) is 1. The molecule has 0 radical (unpaired) electrons. The second-order valence-corrected chi connectivity index (χ2v) is 6.58. The molecule has 110 valence electrons. The van der Waals surface area contributed by atoms with Gasteiger partial charge in [-0.3, -0.25) is 0 Å². The van der Waals surface area contributed by atoms with Gasteiger partial charge in [-0.15, -0.1) is 0 Å². The fourth-order valence-corrected chi connectivity index (χ4v) is 3.27. The van der Waals surface area contributed by atoms with Crippen molar-refractivity contribution in [3.8, 4) is 0 Å². The summed E-state index contributed by atoms with van der Waals surface area (Å²) in [4.78, 5) is 0. The monoisotopic (exact) mass is 279 g/mol. The predicted octanol–water partition coefficient (Wildman–Crippen LogP) is 4.57.